The zero-order valence-corrected chi connectivity index (χ0v) is 12.0. The fourth-order valence-electron chi connectivity index (χ4n) is 1.81. The second kappa shape index (κ2) is 6.69. The van der Waals surface area contributed by atoms with Crippen molar-refractivity contribution in [1.29, 1.82) is 0 Å². The summed E-state index contributed by atoms with van der Waals surface area (Å²) in [7, 11) is 1.50. The highest BCUT2D eigenvalue weighted by Gasteiger charge is 2.12. The molecule has 0 spiro atoms. The zero-order valence-electron chi connectivity index (χ0n) is 12.0. The van der Waals surface area contributed by atoms with Crippen LogP contribution in [0.2, 0.25) is 0 Å². The highest BCUT2D eigenvalue weighted by molar-refractivity contribution is 5.97. The molecule has 0 atom stereocenters. The molecule has 0 saturated carbocycles. The van der Waals surface area contributed by atoms with Gasteiger partial charge in [-0.3, -0.25) is 4.79 Å². The molecule has 21 heavy (non-hydrogen) atoms. The third kappa shape index (κ3) is 3.47. The minimum absolute atomic E-state index is 0.289. The fourth-order valence-corrected chi connectivity index (χ4v) is 1.81. The highest BCUT2D eigenvalue weighted by atomic mass is 16.5. The molecule has 6 heteroatoms. The molecule has 1 aromatic carbocycles. The molecule has 1 amide bonds. The minimum atomic E-state index is -0.530. The lowest BCUT2D eigenvalue weighted by atomic mass is 10.0. The van der Waals surface area contributed by atoms with Gasteiger partial charge in [-0.2, -0.15) is 0 Å². The Morgan fingerprint density at radius 3 is 2.52 bits per heavy atom. The predicted molar refractivity (Wildman–Crippen MR) is 78.3 cm³/mol. The molecule has 110 valence electrons. The SMILES string of the molecule is CCCOc1ccc(-c2cnc(OC)nc2)cc1C(N)=O. The summed E-state index contributed by atoms with van der Waals surface area (Å²) in [6, 6.07) is 5.54. The average molecular weight is 287 g/mol. The Labute approximate surface area is 122 Å². The largest absolute Gasteiger partial charge is 0.493 e. The monoisotopic (exact) mass is 287 g/mol. The van der Waals surface area contributed by atoms with Crippen molar-refractivity contribution in [2.45, 2.75) is 13.3 Å². The van der Waals surface area contributed by atoms with Gasteiger partial charge in [0.25, 0.3) is 5.91 Å². The number of primary amides is 1. The van der Waals surface area contributed by atoms with Gasteiger partial charge < -0.3 is 15.2 Å². The van der Waals surface area contributed by atoms with Gasteiger partial charge in [-0.1, -0.05) is 13.0 Å². The van der Waals surface area contributed by atoms with Crippen molar-refractivity contribution in [2.75, 3.05) is 13.7 Å². The number of nitrogens with two attached hydrogens (primary N) is 1. The standard InChI is InChI=1S/C15H17N3O3/c1-3-6-21-13-5-4-10(7-12(13)14(16)19)11-8-17-15(20-2)18-9-11/h4-5,7-9H,3,6H2,1-2H3,(H2,16,19). The Hall–Kier alpha value is -2.63. The molecular weight excluding hydrogens is 270 g/mol. The summed E-state index contributed by atoms with van der Waals surface area (Å²) < 4.78 is 10.4. The van der Waals surface area contributed by atoms with Crippen LogP contribution >= 0.6 is 0 Å². The van der Waals surface area contributed by atoms with Gasteiger partial charge in [-0.15, -0.1) is 0 Å². The number of aromatic nitrogens is 2. The number of benzene rings is 1. The van der Waals surface area contributed by atoms with Crippen molar-refractivity contribution in [2.24, 2.45) is 5.73 Å². The molecule has 2 N–H and O–H groups in total. The number of hydrogen-bond acceptors (Lipinski definition) is 5. The second-order valence-corrected chi connectivity index (χ2v) is 4.38. The molecule has 0 fully saturated rings. The van der Waals surface area contributed by atoms with Gasteiger partial charge in [0.15, 0.2) is 0 Å². The zero-order chi connectivity index (χ0) is 15.2. The number of carbonyl (C=O) groups excluding carboxylic acids is 1. The maximum atomic E-state index is 11.6. The summed E-state index contributed by atoms with van der Waals surface area (Å²) in [5.74, 6) is -0.0417. The molecule has 6 nitrogen and oxygen atoms in total. The maximum Gasteiger partial charge on any atom is 0.316 e. The third-order valence-corrected chi connectivity index (χ3v) is 2.85. The summed E-state index contributed by atoms with van der Waals surface area (Å²) in [5.41, 5.74) is 7.30. The maximum absolute atomic E-state index is 11.6. The fraction of sp³-hybridized carbons (Fsp3) is 0.267. The molecule has 0 aliphatic heterocycles. The molecule has 0 unspecified atom stereocenters. The van der Waals surface area contributed by atoms with Crippen molar-refractivity contribution < 1.29 is 14.3 Å². The quantitative estimate of drug-likeness (QED) is 0.878. The van der Waals surface area contributed by atoms with Crippen LogP contribution in [-0.2, 0) is 0 Å². The predicted octanol–water partition coefficient (Wildman–Crippen LogP) is 2.04. The summed E-state index contributed by atoms with van der Waals surface area (Å²) in [5, 5.41) is 0. The van der Waals surface area contributed by atoms with Crippen LogP contribution in [-0.4, -0.2) is 29.6 Å². The van der Waals surface area contributed by atoms with E-state index in [1.165, 1.54) is 7.11 Å². The first kappa shape index (κ1) is 14.8. The van der Waals surface area contributed by atoms with E-state index >= 15 is 0 Å². The van der Waals surface area contributed by atoms with Gasteiger partial charge in [0.05, 0.1) is 19.3 Å². The lowest BCUT2D eigenvalue weighted by Gasteiger charge is -2.10. The smallest absolute Gasteiger partial charge is 0.316 e. The van der Waals surface area contributed by atoms with Crippen LogP contribution in [0.5, 0.6) is 11.8 Å². The molecule has 2 rings (SSSR count). The molecule has 0 aliphatic rings. The molecule has 0 aliphatic carbocycles. The topological polar surface area (TPSA) is 87.3 Å². The lowest BCUT2D eigenvalue weighted by molar-refractivity contribution is 0.0996. The number of carbonyl (C=O) groups is 1. The van der Waals surface area contributed by atoms with Gasteiger partial charge in [0.2, 0.25) is 0 Å². The van der Waals surface area contributed by atoms with E-state index in [-0.39, 0.29) is 6.01 Å². The van der Waals surface area contributed by atoms with Crippen LogP contribution in [0.15, 0.2) is 30.6 Å². The van der Waals surface area contributed by atoms with Gasteiger partial charge in [0.1, 0.15) is 5.75 Å². The van der Waals surface area contributed by atoms with E-state index < -0.39 is 5.91 Å². The summed E-state index contributed by atoms with van der Waals surface area (Å²) in [6.45, 7) is 2.53. The van der Waals surface area contributed by atoms with Gasteiger partial charge in [0, 0.05) is 18.0 Å². The van der Waals surface area contributed by atoms with E-state index in [2.05, 4.69) is 9.97 Å². The molecule has 2 aromatic rings. The molecule has 0 bridgehead atoms. The first-order valence-corrected chi connectivity index (χ1v) is 6.58. The first-order valence-electron chi connectivity index (χ1n) is 6.58. The summed E-state index contributed by atoms with van der Waals surface area (Å²) in [6.07, 6.45) is 4.10. The van der Waals surface area contributed by atoms with Crippen LogP contribution < -0.4 is 15.2 Å². The molecule has 1 heterocycles. The van der Waals surface area contributed by atoms with Crippen LogP contribution in [0.3, 0.4) is 0 Å². The summed E-state index contributed by atoms with van der Waals surface area (Å²) in [4.78, 5) is 19.6. The number of hydrogen-bond donors (Lipinski definition) is 1. The Bertz CT molecular complexity index is 627. The van der Waals surface area contributed by atoms with E-state index in [0.29, 0.717) is 17.9 Å². The first-order chi connectivity index (χ1) is 10.2. The van der Waals surface area contributed by atoms with Crippen LogP contribution in [0.4, 0.5) is 0 Å². The van der Waals surface area contributed by atoms with Gasteiger partial charge in [-0.25, -0.2) is 9.97 Å². The lowest BCUT2D eigenvalue weighted by Crippen LogP contribution is -2.13. The Morgan fingerprint density at radius 2 is 1.95 bits per heavy atom. The normalized spacial score (nSPS) is 10.2. The molecule has 1 aromatic heterocycles. The Balaban J connectivity index is 2.36. The number of nitrogens with zero attached hydrogens (tertiary/aromatic N) is 2. The molecule has 0 radical (unpaired) electrons. The van der Waals surface area contributed by atoms with E-state index in [9.17, 15) is 4.79 Å². The molecule has 0 saturated heterocycles. The number of amides is 1. The van der Waals surface area contributed by atoms with E-state index in [1.54, 1.807) is 24.5 Å². The average Bonchev–Trinajstić information content (AvgIpc) is 2.52. The van der Waals surface area contributed by atoms with Crippen molar-refractivity contribution in [3.63, 3.8) is 0 Å². The van der Waals surface area contributed by atoms with Gasteiger partial charge >= 0.3 is 6.01 Å². The highest BCUT2D eigenvalue weighted by Crippen LogP contribution is 2.26. The van der Waals surface area contributed by atoms with E-state index in [1.807, 2.05) is 13.0 Å². The number of methoxy groups -OCH3 is 1. The second-order valence-electron chi connectivity index (χ2n) is 4.38. The van der Waals surface area contributed by atoms with Crippen molar-refractivity contribution in [1.82, 2.24) is 9.97 Å². The Morgan fingerprint density at radius 1 is 1.24 bits per heavy atom. The van der Waals surface area contributed by atoms with Crippen LogP contribution in [0.25, 0.3) is 11.1 Å². The number of ether oxygens (including phenoxy) is 2. The Kier molecular flexibility index (Phi) is 4.71. The molecular formula is C15H17N3O3. The van der Waals surface area contributed by atoms with Crippen LogP contribution in [0, 0.1) is 0 Å². The third-order valence-electron chi connectivity index (χ3n) is 2.85. The van der Waals surface area contributed by atoms with Crippen molar-refractivity contribution in [3.8, 4) is 22.9 Å². The van der Waals surface area contributed by atoms with E-state index in [4.69, 9.17) is 15.2 Å². The summed E-state index contributed by atoms with van der Waals surface area (Å²) >= 11 is 0. The minimum Gasteiger partial charge on any atom is -0.493 e. The van der Waals surface area contributed by atoms with E-state index in [0.717, 1.165) is 17.5 Å². The van der Waals surface area contributed by atoms with Crippen molar-refractivity contribution in [3.05, 3.63) is 36.2 Å². The van der Waals surface area contributed by atoms with Crippen molar-refractivity contribution >= 4 is 5.91 Å². The number of rotatable bonds is 6. The van der Waals surface area contributed by atoms with Gasteiger partial charge in [-0.05, 0) is 24.1 Å². The van der Waals surface area contributed by atoms with Crippen LogP contribution in [0.1, 0.15) is 23.7 Å².